The molecule has 0 aromatic heterocycles. The summed E-state index contributed by atoms with van der Waals surface area (Å²) in [4.78, 5) is 28.5. The number of benzodiazepines with no additional fused rings is 1. The molecule has 3 rings (SSSR count). The summed E-state index contributed by atoms with van der Waals surface area (Å²) in [5, 5.41) is 4.08. The van der Waals surface area contributed by atoms with Crippen molar-refractivity contribution in [3.63, 3.8) is 0 Å². The Morgan fingerprint density at radius 1 is 1.25 bits per heavy atom. The first kappa shape index (κ1) is 16.2. The molecule has 3 N–H and O–H groups in total. The average molecular weight is 343 g/mol. The van der Waals surface area contributed by atoms with Crippen LogP contribution in [0.5, 0.6) is 0 Å². The number of carbonyl (C=O) groups excluding carboxylic acids is 2. The van der Waals surface area contributed by atoms with E-state index in [0.717, 1.165) is 10.6 Å². The van der Waals surface area contributed by atoms with Gasteiger partial charge in [0.1, 0.15) is 0 Å². The molecule has 24 heavy (non-hydrogen) atoms. The minimum atomic E-state index is -1.16. The summed E-state index contributed by atoms with van der Waals surface area (Å²) >= 11 is 6.11. The van der Waals surface area contributed by atoms with Crippen LogP contribution in [0.3, 0.4) is 0 Å². The quantitative estimate of drug-likeness (QED) is 0.498. The Bertz CT molecular complexity index is 836. The number of anilines is 1. The Hall–Kier alpha value is -2.70. The molecule has 0 fully saturated rings. The van der Waals surface area contributed by atoms with Crippen LogP contribution in [-0.4, -0.2) is 28.7 Å². The van der Waals surface area contributed by atoms with Crippen LogP contribution < -0.4 is 11.2 Å². The van der Waals surface area contributed by atoms with Gasteiger partial charge in [-0.15, -0.1) is 0 Å². The Labute approximate surface area is 143 Å². The third kappa shape index (κ3) is 3.02. The summed E-state index contributed by atoms with van der Waals surface area (Å²) in [7, 11) is 0. The molecule has 0 bridgehead atoms. The van der Waals surface area contributed by atoms with Crippen LogP contribution in [0.2, 0.25) is 5.02 Å². The van der Waals surface area contributed by atoms with E-state index in [1.807, 2.05) is 30.3 Å². The number of benzene rings is 2. The van der Waals surface area contributed by atoms with Crippen molar-refractivity contribution in [3.05, 3.63) is 64.7 Å². The molecule has 2 aromatic rings. The van der Waals surface area contributed by atoms with E-state index in [-0.39, 0.29) is 0 Å². The van der Waals surface area contributed by atoms with E-state index in [1.54, 1.807) is 18.2 Å². The number of hydrazine groups is 1. The molecule has 0 spiro atoms. The van der Waals surface area contributed by atoms with Gasteiger partial charge in [0.2, 0.25) is 12.1 Å². The van der Waals surface area contributed by atoms with Crippen molar-refractivity contribution >= 4 is 34.8 Å². The third-order valence-corrected chi connectivity index (χ3v) is 3.89. The van der Waals surface area contributed by atoms with Crippen molar-refractivity contribution < 1.29 is 9.59 Å². The summed E-state index contributed by atoms with van der Waals surface area (Å²) < 4.78 is 0. The summed E-state index contributed by atoms with van der Waals surface area (Å²) in [5.74, 6) is 4.80. The first-order chi connectivity index (χ1) is 11.5. The number of carbonyl (C=O) groups is 2. The number of rotatable bonds is 2. The van der Waals surface area contributed by atoms with Gasteiger partial charge in [-0.1, -0.05) is 41.9 Å². The van der Waals surface area contributed by atoms with Crippen LogP contribution >= 0.6 is 11.6 Å². The van der Waals surface area contributed by atoms with Crippen LogP contribution in [0, 0.1) is 0 Å². The van der Waals surface area contributed by atoms with Gasteiger partial charge in [-0.05, 0) is 18.2 Å². The monoisotopic (exact) mass is 342 g/mol. The number of nitrogens with zero attached hydrogens (tertiary/aromatic N) is 2. The van der Waals surface area contributed by atoms with E-state index >= 15 is 0 Å². The lowest BCUT2D eigenvalue weighted by Crippen LogP contribution is -2.49. The summed E-state index contributed by atoms with van der Waals surface area (Å²) in [5.41, 5.74) is 2.56. The minimum Gasteiger partial charge on any atom is -0.322 e. The van der Waals surface area contributed by atoms with E-state index in [0.29, 0.717) is 22.0 Å². The number of hydrogen-bond donors (Lipinski definition) is 2. The molecule has 2 amide bonds. The summed E-state index contributed by atoms with van der Waals surface area (Å²) in [6.45, 7) is 1.28. The summed E-state index contributed by atoms with van der Waals surface area (Å²) in [6.07, 6.45) is -1.16. The molecule has 1 atom stereocenters. The van der Waals surface area contributed by atoms with Crippen LogP contribution in [0.15, 0.2) is 53.5 Å². The van der Waals surface area contributed by atoms with Crippen molar-refractivity contribution in [2.75, 3.05) is 5.32 Å². The number of hydrogen-bond acceptors (Lipinski definition) is 4. The topological polar surface area (TPSA) is 87.8 Å². The second-order valence-corrected chi connectivity index (χ2v) is 5.76. The van der Waals surface area contributed by atoms with Crippen molar-refractivity contribution in [2.24, 2.45) is 10.8 Å². The highest BCUT2D eigenvalue weighted by atomic mass is 35.5. The number of amides is 2. The minimum absolute atomic E-state index is 0.463. The number of nitrogens with one attached hydrogen (secondary N) is 1. The molecule has 0 saturated carbocycles. The number of halogens is 1. The molecule has 1 aliphatic rings. The van der Waals surface area contributed by atoms with E-state index in [9.17, 15) is 9.59 Å². The second-order valence-electron chi connectivity index (χ2n) is 5.32. The van der Waals surface area contributed by atoms with Crippen molar-refractivity contribution in [1.82, 2.24) is 5.01 Å². The normalized spacial score (nSPS) is 16.5. The molecule has 122 valence electrons. The maximum Gasteiger partial charge on any atom is 0.271 e. The maximum atomic E-state index is 12.5. The molecule has 0 radical (unpaired) electrons. The zero-order valence-corrected chi connectivity index (χ0v) is 13.6. The SMILES string of the molecule is CC(=O)N(N)C1N=C(c2ccccc2)c2cc(Cl)ccc2NC1=O. The standard InChI is InChI=1S/C17H15ClN4O2/c1-10(23)22(19)16-17(24)20-14-8-7-12(18)9-13(14)15(21-16)11-5-3-2-4-6-11/h2-9,16H,19H2,1H3,(H,20,24). The Balaban J connectivity index is 2.22. The summed E-state index contributed by atoms with van der Waals surface area (Å²) in [6, 6.07) is 14.4. The molecule has 1 unspecified atom stereocenters. The zero-order chi connectivity index (χ0) is 17.3. The Morgan fingerprint density at radius 3 is 2.62 bits per heavy atom. The van der Waals surface area contributed by atoms with Crippen molar-refractivity contribution in [2.45, 2.75) is 13.1 Å². The molecule has 0 saturated heterocycles. The average Bonchev–Trinajstić information content (AvgIpc) is 2.71. The van der Waals surface area contributed by atoms with Gasteiger partial charge in [-0.25, -0.2) is 15.8 Å². The lowest BCUT2D eigenvalue weighted by atomic mass is 10.0. The number of aliphatic imine (C=N–C) groups is 1. The van der Waals surface area contributed by atoms with Gasteiger partial charge >= 0.3 is 0 Å². The van der Waals surface area contributed by atoms with Gasteiger partial charge in [-0.2, -0.15) is 0 Å². The molecule has 2 aromatic carbocycles. The highest BCUT2D eigenvalue weighted by Crippen LogP contribution is 2.27. The Kier molecular flexibility index (Phi) is 4.33. The van der Waals surface area contributed by atoms with Gasteiger partial charge in [-0.3, -0.25) is 9.59 Å². The van der Waals surface area contributed by atoms with E-state index in [1.165, 1.54) is 6.92 Å². The molecular formula is C17H15ClN4O2. The molecule has 6 nitrogen and oxygen atoms in total. The lowest BCUT2D eigenvalue weighted by Gasteiger charge is -2.21. The highest BCUT2D eigenvalue weighted by Gasteiger charge is 2.30. The van der Waals surface area contributed by atoms with Gasteiger partial charge in [0.15, 0.2) is 0 Å². The largest absolute Gasteiger partial charge is 0.322 e. The van der Waals surface area contributed by atoms with Gasteiger partial charge < -0.3 is 5.32 Å². The van der Waals surface area contributed by atoms with E-state index in [4.69, 9.17) is 17.4 Å². The molecule has 7 heteroatoms. The molecular weight excluding hydrogens is 328 g/mol. The zero-order valence-electron chi connectivity index (χ0n) is 12.9. The smallest absolute Gasteiger partial charge is 0.271 e. The number of fused-ring (bicyclic) bond motifs is 1. The molecule has 1 aliphatic heterocycles. The van der Waals surface area contributed by atoms with E-state index in [2.05, 4.69) is 10.3 Å². The van der Waals surface area contributed by atoms with Crippen LogP contribution in [0.1, 0.15) is 18.1 Å². The van der Waals surface area contributed by atoms with Crippen LogP contribution in [-0.2, 0) is 9.59 Å². The Morgan fingerprint density at radius 2 is 1.96 bits per heavy atom. The lowest BCUT2D eigenvalue weighted by molar-refractivity contribution is -0.136. The maximum absolute atomic E-state index is 12.5. The van der Waals surface area contributed by atoms with Crippen molar-refractivity contribution in [3.8, 4) is 0 Å². The van der Waals surface area contributed by atoms with Gasteiger partial charge in [0.25, 0.3) is 5.91 Å². The van der Waals surface area contributed by atoms with Crippen LogP contribution in [0.4, 0.5) is 5.69 Å². The van der Waals surface area contributed by atoms with Gasteiger partial charge in [0.05, 0.1) is 11.4 Å². The predicted molar refractivity (Wildman–Crippen MR) is 92.7 cm³/mol. The third-order valence-electron chi connectivity index (χ3n) is 3.65. The van der Waals surface area contributed by atoms with Gasteiger partial charge in [0, 0.05) is 23.1 Å². The molecule has 1 heterocycles. The highest BCUT2D eigenvalue weighted by molar-refractivity contribution is 6.32. The fraction of sp³-hybridized carbons (Fsp3) is 0.118. The van der Waals surface area contributed by atoms with E-state index < -0.39 is 18.0 Å². The fourth-order valence-electron chi connectivity index (χ4n) is 2.46. The van der Waals surface area contributed by atoms with Crippen molar-refractivity contribution in [1.29, 1.82) is 0 Å². The predicted octanol–water partition coefficient (Wildman–Crippen LogP) is 2.18. The first-order valence-electron chi connectivity index (χ1n) is 7.26. The number of nitrogens with two attached hydrogens (primary N) is 1. The first-order valence-corrected chi connectivity index (χ1v) is 7.63. The second kappa shape index (κ2) is 6.43. The van der Waals surface area contributed by atoms with Crippen LogP contribution in [0.25, 0.3) is 0 Å². The fourth-order valence-corrected chi connectivity index (χ4v) is 2.63. The molecule has 0 aliphatic carbocycles.